The van der Waals surface area contributed by atoms with Crippen molar-refractivity contribution in [2.75, 3.05) is 13.7 Å². The van der Waals surface area contributed by atoms with Crippen LogP contribution < -0.4 is 0 Å². The molecule has 0 radical (unpaired) electrons. The van der Waals surface area contributed by atoms with Gasteiger partial charge in [0.2, 0.25) is 0 Å². The molecule has 1 fully saturated rings. The van der Waals surface area contributed by atoms with E-state index < -0.39 is 4.32 Å². The third kappa shape index (κ3) is 2.40. The van der Waals surface area contributed by atoms with E-state index in [1.54, 1.807) is 0 Å². The SMILES string of the molecule is COC(=O)C1(Br)C=C2CCCN2C1C(=S)c1ccc(C)cc1. The zero-order valence-electron chi connectivity index (χ0n) is 12.6. The summed E-state index contributed by atoms with van der Waals surface area (Å²) in [7, 11) is 1.42. The number of ether oxygens (including phenoxy) is 1. The van der Waals surface area contributed by atoms with Crippen molar-refractivity contribution in [1.82, 2.24) is 4.90 Å². The van der Waals surface area contributed by atoms with Crippen molar-refractivity contribution in [3.8, 4) is 0 Å². The lowest BCUT2D eigenvalue weighted by atomic mass is 9.93. The van der Waals surface area contributed by atoms with Gasteiger partial charge in [-0.2, -0.15) is 0 Å². The molecule has 5 heteroatoms. The molecular formula is C17H18BrNO2S. The lowest BCUT2D eigenvalue weighted by Gasteiger charge is -2.33. The monoisotopic (exact) mass is 379 g/mol. The zero-order chi connectivity index (χ0) is 15.9. The Kier molecular flexibility index (Phi) is 4.12. The molecule has 0 aliphatic carbocycles. The Hall–Kier alpha value is -1.20. The quantitative estimate of drug-likeness (QED) is 0.348. The fraction of sp³-hybridized carbons (Fsp3) is 0.412. The summed E-state index contributed by atoms with van der Waals surface area (Å²) in [5, 5.41) is 0. The predicted molar refractivity (Wildman–Crippen MR) is 94.4 cm³/mol. The number of fused-ring (bicyclic) bond motifs is 1. The molecule has 0 spiro atoms. The fourth-order valence-corrected chi connectivity index (χ4v) is 4.75. The first-order valence-electron chi connectivity index (χ1n) is 7.34. The lowest BCUT2D eigenvalue weighted by molar-refractivity contribution is -0.142. The minimum Gasteiger partial charge on any atom is -0.468 e. The van der Waals surface area contributed by atoms with Crippen molar-refractivity contribution in [3.63, 3.8) is 0 Å². The second-order valence-electron chi connectivity index (χ2n) is 5.83. The van der Waals surface area contributed by atoms with Gasteiger partial charge in [-0.25, -0.2) is 0 Å². The van der Waals surface area contributed by atoms with Gasteiger partial charge in [0.1, 0.15) is 0 Å². The van der Waals surface area contributed by atoms with Crippen LogP contribution in [0.15, 0.2) is 36.0 Å². The van der Waals surface area contributed by atoms with Gasteiger partial charge in [0.15, 0.2) is 4.32 Å². The van der Waals surface area contributed by atoms with E-state index >= 15 is 0 Å². The van der Waals surface area contributed by atoms with Gasteiger partial charge in [0, 0.05) is 17.1 Å². The van der Waals surface area contributed by atoms with Crippen LogP contribution in [0.2, 0.25) is 0 Å². The second-order valence-corrected chi connectivity index (χ2v) is 7.58. The van der Waals surface area contributed by atoms with Crippen LogP contribution in [0.4, 0.5) is 0 Å². The maximum atomic E-state index is 12.4. The highest BCUT2D eigenvalue weighted by atomic mass is 79.9. The molecular weight excluding hydrogens is 362 g/mol. The first kappa shape index (κ1) is 15.7. The number of hydrogen-bond acceptors (Lipinski definition) is 4. The van der Waals surface area contributed by atoms with E-state index in [-0.39, 0.29) is 12.0 Å². The molecule has 0 saturated carbocycles. The fourth-order valence-electron chi connectivity index (χ4n) is 3.25. The van der Waals surface area contributed by atoms with Crippen LogP contribution in [0.25, 0.3) is 0 Å². The number of hydrogen-bond donors (Lipinski definition) is 0. The molecule has 2 atom stereocenters. The number of carbonyl (C=O) groups is 1. The number of thiocarbonyl (C=S) groups is 1. The van der Waals surface area contributed by atoms with Crippen molar-refractivity contribution in [1.29, 1.82) is 0 Å². The van der Waals surface area contributed by atoms with Crippen molar-refractivity contribution < 1.29 is 9.53 Å². The Bertz CT molecular complexity index is 655. The highest BCUT2D eigenvalue weighted by molar-refractivity contribution is 9.10. The van der Waals surface area contributed by atoms with Crippen LogP contribution in [0.3, 0.4) is 0 Å². The van der Waals surface area contributed by atoms with Crippen LogP contribution >= 0.6 is 28.1 Å². The molecule has 0 aromatic heterocycles. The first-order valence-corrected chi connectivity index (χ1v) is 8.54. The number of allylic oxidation sites excluding steroid dienone is 1. The summed E-state index contributed by atoms with van der Waals surface area (Å²) in [5.41, 5.74) is 3.36. The summed E-state index contributed by atoms with van der Waals surface area (Å²) in [6.45, 7) is 2.97. The topological polar surface area (TPSA) is 29.5 Å². The summed E-state index contributed by atoms with van der Waals surface area (Å²) in [4.78, 5) is 15.4. The third-order valence-corrected chi connectivity index (χ3v) is 5.82. The largest absolute Gasteiger partial charge is 0.468 e. The number of carbonyl (C=O) groups excluding carboxylic acids is 1. The number of esters is 1. The van der Waals surface area contributed by atoms with Crippen LogP contribution in [-0.2, 0) is 9.53 Å². The average molecular weight is 380 g/mol. The van der Waals surface area contributed by atoms with E-state index in [0.29, 0.717) is 0 Å². The van der Waals surface area contributed by atoms with E-state index in [2.05, 4.69) is 20.8 Å². The molecule has 0 bridgehead atoms. The van der Waals surface area contributed by atoms with Gasteiger partial charge in [0.25, 0.3) is 0 Å². The number of methoxy groups -OCH3 is 1. The van der Waals surface area contributed by atoms with Crippen LogP contribution in [0, 0.1) is 6.92 Å². The predicted octanol–water partition coefficient (Wildman–Crippen LogP) is 3.38. The van der Waals surface area contributed by atoms with E-state index in [1.165, 1.54) is 18.4 Å². The molecule has 3 nitrogen and oxygen atoms in total. The second kappa shape index (κ2) is 5.78. The highest BCUT2D eigenvalue weighted by Crippen LogP contribution is 2.44. The molecule has 2 aliphatic heterocycles. The van der Waals surface area contributed by atoms with Gasteiger partial charge in [0.05, 0.1) is 13.2 Å². The van der Waals surface area contributed by atoms with Gasteiger partial charge in [-0.3, -0.25) is 4.79 Å². The Balaban J connectivity index is 2.00. The number of alkyl halides is 1. The summed E-state index contributed by atoms with van der Waals surface area (Å²) >= 11 is 9.38. The number of benzene rings is 1. The third-order valence-electron chi connectivity index (χ3n) is 4.37. The molecule has 3 rings (SSSR count). The van der Waals surface area contributed by atoms with Crippen LogP contribution in [0.5, 0.6) is 0 Å². The molecule has 22 heavy (non-hydrogen) atoms. The first-order chi connectivity index (χ1) is 10.5. The van der Waals surface area contributed by atoms with Crippen molar-refractivity contribution in [2.45, 2.75) is 30.1 Å². The summed E-state index contributed by atoms with van der Waals surface area (Å²) in [5.74, 6) is -0.297. The molecule has 1 aromatic rings. The summed E-state index contributed by atoms with van der Waals surface area (Å²) < 4.78 is 4.13. The number of aryl methyl sites for hydroxylation is 1. The minimum absolute atomic E-state index is 0.213. The molecule has 1 saturated heterocycles. The molecule has 116 valence electrons. The highest BCUT2D eigenvalue weighted by Gasteiger charge is 2.54. The van der Waals surface area contributed by atoms with Crippen molar-refractivity contribution in [2.24, 2.45) is 0 Å². The van der Waals surface area contributed by atoms with Gasteiger partial charge in [-0.1, -0.05) is 58.0 Å². The Morgan fingerprint density at radius 1 is 1.41 bits per heavy atom. The number of halogens is 1. The van der Waals surface area contributed by atoms with E-state index in [0.717, 1.165) is 29.8 Å². The molecule has 0 N–H and O–H groups in total. The Morgan fingerprint density at radius 3 is 2.73 bits per heavy atom. The van der Waals surface area contributed by atoms with Gasteiger partial charge in [-0.15, -0.1) is 0 Å². The maximum Gasteiger partial charge on any atom is 0.329 e. The molecule has 2 unspecified atom stereocenters. The van der Waals surface area contributed by atoms with Gasteiger partial charge >= 0.3 is 5.97 Å². The minimum atomic E-state index is -0.889. The van der Waals surface area contributed by atoms with E-state index in [9.17, 15) is 4.79 Å². The van der Waals surface area contributed by atoms with Gasteiger partial charge in [-0.05, 0) is 31.4 Å². The van der Waals surface area contributed by atoms with Crippen molar-refractivity contribution in [3.05, 3.63) is 47.2 Å². The standard InChI is InChI=1S/C17H18BrNO2S/c1-11-5-7-12(8-6-11)14(22)15-17(18,16(20)21-2)10-13-4-3-9-19(13)15/h5-8,10,15H,3-4,9H2,1-2H3. The average Bonchev–Trinajstić information content (AvgIpc) is 3.04. The molecule has 2 aliphatic rings. The molecule has 0 amide bonds. The van der Waals surface area contributed by atoms with Crippen molar-refractivity contribution >= 4 is 39.0 Å². The summed E-state index contributed by atoms with van der Waals surface area (Å²) in [6.07, 6.45) is 4.07. The van der Waals surface area contributed by atoms with Gasteiger partial charge < -0.3 is 9.64 Å². The van der Waals surface area contributed by atoms with Crippen LogP contribution in [-0.4, -0.2) is 39.8 Å². The zero-order valence-corrected chi connectivity index (χ0v) is 15.0. The van der Waals surface area contributed by atoms with E-state index in [1.807, 2.05) is 37.3 Å². The Morgan fingerprint density at radius 2 is 2.09 bits per heavy atom. The normalized spacial score (nSPS) is 26.6. The number of rotatable bonds is 3. The van der Waals surface area contributed by atoms with Crippen LogP contribution in [0.1, 0.15) is 24.0 Å². The van der Waals surface area contributed by atoms with E-state index in [4.69, 9.17) is 17.0 Å². The summed E-state index contributed by atoms with van der Waals surface area (Å²) in [6, 6.07) is 7.92. The maximum absolute atomic E-state index is 12.4. The lowest BCUT2D eigenvalue weighted by Crippen LogP contribution is -2.51. The Labute approximate surface area is 144 Å². The molecule has 2 heterocycles. The smallest absolute Gasteiger partial charge is 0.329 e. The number of nitrogens with zero attached hydrogens (tertiary/aromatic N) is 1. The molecule has 1 aromatic carbocycles.